The average Bonchev–Trinajstić information content (AvgIpc) is 3.07. The number of aryl methyl sites for hydroxylation is 1. The lowest BCUT2D eigenvalue weighted by Gasteiger charge is -2.19. The van der Waals surface area contributed by atoms with Crippen LogP contribution in [0.4, 0.5) is 17.2 Å². The highest BCUT2D eigenvalue weighted by Crippen LogP contribution is 2.35. The van der Waals surface area contributed by atoms with Gasteiger partial charge in [0, 0.05) is 38.1 Å². The van der Waals surface area contributed by atoms with Crippen LogP contribution >= 0.6 is 11.6 Å². The van der Waals surface area contributed by atoms with E-state index in [2.05, 4.69) is 25.9 Å². The monoisotopic (exact) mass is 462 g/mol. The molecule has 0 aliphatic carbocycles. The van der Waals surface area contributed by atoms with Gasteiger partial charge in [-0.25, -0.2) is 14.2 Å². The molecular formula is C21H23ClN4O4S. The van der Waals surface area contributed by atoms with Gasteiger partial charge in [0.25, 0.3) is 0 Å². The molecule has 2 heterocycles. The fourth-order valence-electron chi connectivity index (χ4n) is 3.42. The maximum Gasteiger partial charge on any atom is 0.150 e. The van der Waals surface area contributed by atoms with Gasteiger partial charge in [-0.3, -0.25) is 0 Å². The van der Waals surface area contributed by atoms with E-state index >= 15 is 0 Å². The van der Waals surface area contributed by atoms with Crippen LogP contribution < -0.4 is 14.8 Å². The van der Waals surface area contributed by atoms with Gasteiger partial charge in [0.2, 0.25) is 0 Å². The minimum absolute atomic E-state index is 0.234. The molecular weight excluding hydrogens is 440 g/mol. The Morgan fingerprint density at radius 3 is 2.81 bits per heavy atom. The number of hydrogen-bond acceptors (Lipinski definition) is 7. The van der Waals surface area contributed by atoms with E-state index in [-0.39, 0.29) is 6.61 Å². The molecule has 3 aromatic rings. The molecule has 1 saturated heterocycles. The van der Waals surface area contributed by atoms with Crippen molar-refractivity contribution in [1.29, 1.82) is 0 Å². The quantitative estimate of drug-likeness (QED) is 0.483. The summed E-state index contributed by atoms with van der Waals surface area (Å²) in [6, 6.07) is 8.88. The van der Waals surface area contributed by atoms with E-state index in [1.165, 1.54) is 12.6 Å². The summed E-state index contributed by atoms with van der Waals surface area (Å²) < 4.78 is 26.2. The Balaban J connectivity index is 1.70. The molecule has 164 valence electrons. The highest BCUT2D eigenvalue weighted by molar-refractivity contribution is 8.00. The topological polar surface area (TPSA) is 106 Å². The van der Waals surface area contributed by atoms with E-state index in [0.29, 0.717) is 40.1 Å². The van der Waals surface area contributed by atoms with Crippen molar-refractivity contribution in [3.8, 4) is 5.75 Å². The molecule has 0 amide bonds. The van der Waals surface area contributed by atoms with E-state index in [1.54, 1.807) is 24.3 Å². The third kappa shape index (κ3) is 5.01. The van der Waals surface area contributed by atoms with Crippen LogP contribution in [0.5, 0.6) is 5.75 Å². The third-order valence-corrected chi connectivity index (χ3v) is 5.65. The molecule has 3 unspecified atom stereocenters. The highest BCUT2D eigenvalue weighted by atomic mass is 35.5. The minimum Gasteiger partial charge on any atom is -0.483 e. The van der Waals surface area contributed by atoms with Crippen LogP contribution in [-0.4, -0.2) is 56.8 Å². The van der Waals surface area contributed by atoms with Crippen molar-refractivity contribution >= 4 is 55.3 Å². The van der Waals surface area contributed by atoms with Crippen LogP contribution in [-0.2, 0) is 14.4 Å². The minimum atomic E-state index is -2.42. The fraction of sp³-hybridized carbons (Fsp3) is 0.286. The normalized spacial score (nSPS) is 20.4. The number of ether oxygens (including phenoxy) is 2. The number of nitrogens with one attached hydrogen (secondary N) is 2. The van der Waals surface area contributed by atoms with Crippen LogP contribution in [0.1, 0.15) is 5.56 Å². The van der Waals surface area contributed by atoms with E-state index < -0.39 is 21.9 Å². The van der Waals surface area contributed by atoms with E-state index in [4.69, 9.17) is 21.1 Å². The maximum absolute atomic E-state index is 12.0. The first kappa shape index (κ1) is 21.6. The van der Waals surface area contributed by atoms with Crippen molar-refractivity contribution < 1.29 is 18.8 Å². The summed E-state index contributed by atoms with van der Waals surface area (Å²) in [5.74, 6) is 4.69. The van der Waals surface area contributed by atoms with Crippen LogP contribution in [0, 0.1) is 6.92 Å². The fourth-order valence-corrected chi connectivity index (χ4v) is 4.20. The Kier molecular flexibility index (Phi) is 5.94. The number of nitrogens with zero attached hydrogens (tertiary/aromatic N) is 2. The molecule has 4 rings (SSSR count). The predicted molar refractivity (Wildman–Crippen MR) is 125 cm³/mol. The molecule has 0 radical (unpaired) electrons. The van der Waals surface area contributed by atoms with Gasteiger partial charge in [-0.2, -0.15) is 0 Å². The standard InChI is InChI=1S/C21H23ClN4O4S/c1-12-6-14(26-31(2,3)28)8-16-20(12)21(24-11-23-16)25-15-5-4-13(22)7-18(15)30-19-10-29-9-17(19)27/h4-8,11,17,19,27H,2,9-10H2,1,3H3,(H,26,28)(H,23,24,25). The molecule has 1 aliphatic heterocycles. The zero-order chi connectivity index (χ0) is 22.2. The summed E-state index contributed by atoms with van der Waals surface area (Å²) in [7, 11) is -2.42. The molecule has 8 nitrogen and oxygen atoms in total. The number of hydrogen-bond donors (Lipinski definition) is 3. The van der Waals surface area contributed by atoms with Crippen molar-refractivity contribution in [2.75, 3.05) is 29.5 Å². The molecule has 31 heavy (non-hydrogen) atoms. The Bertz CT molecular complexity index is 1240. The summed E-state index contributed by atoms with van der Waals surface area (Å²) >= 11 is 6.17. The second kappa shape index (κ2) is 8.51. The van der Waals surface area contributed by atoms with Gasteiger partial charge < -0.3 is 24.6 Å². The largest absolute Gasteiger partial charge is 0.483 e. The van der Waals surface area contributed by atoms with E-state index in [9.17, 15) is 9.32 Å². The van der Waals surface area contributed by atoms with Crippen LogP contribution in [0.2, 0.25) is 5.02 Å². The zero-order valence-electron chi connectivity index (χ0n) is 17.1. The molecule has 0 spiro atoms. The van der Waals surface area contributed by atoms with E-state index in [1.807, 2.05) is 13.0 Å². The molecule has 10 heteroatoms. The summed E-state index contributed by atoms with van der Waals surface area (Å²) in [5, 5.41) is 14.6. The molecule has 1 fully saturated rings. The number of anilines is 3. The van der Waals surface area contributed by atoms with Gasteiger partial charge >= 0.3 is 0 Å². The van der Waals surface area contributed by atoms with Gasteiger partial charge in [0.05, 0.1) is 24.4 Å². The first-order chi connectivity index (χ1) is 14.7. The van der Waals surface area contributed by atoms with Crippen molar-refractivity contribution in [3.63, 3.8) is 0 Å². The second-order valence-electron chi connectivity index (χ2n) is 7.54. The lowest BCUT2D eigenvalue weighted by atomic mass is 10.1. The van der Waals surface area contributed by atoms with Crippen molar-refractivity contribution in [2.24, 2.45) is 0 Å². The number of aliphatic hydroxyl groups is 1. The van der Waals surface area contributed by atoms with Gasteiger partial charge in [0.15, 0.2) is 6.10 Å². The second-order valence-corrected chi connectivity index (χ2v) is 10.2. The van der Waals surface area contributed by atoms with Crippen LogP contribution in [0.3, 0.4) is 0 Å². The number of aliphatic hydroxyl groups excluding tert-OH is 1. The Labute approximate surface area is 185 Å². The number of aromatic nitrogens is 2. The number of halogens is 1. The average molecular weight is 463 g/mol. The van der Waals surface area contributed by atoms with Gasteiger partial charge in [-0.1, -0.05) is 11.6 Å². The number of benzene rings is 2. The van der Waals surface area contributed by atoms with Crippen molar-refractivity contribution in [2.45, 2.75) is 19.1 Å². The van der Waals surface area contributed by atoms with Gasteiger partial charge in [0.1, 0.15) is 24.0 Å². The Morgan fingerprint density at radius 1 is 1.29 bits per heavy atom. The Hall–Kier alpha value is -2.59. The smallest absolute Gasteiger partial charge is 0.150 e. The summed E-state index contributed by atoms with van der Waals surface area (Å²) in [4.78, 5) is 8.76. The maximum atomic E-state index is 12.0. The first-order valence-electron chi connectivity index (χ1n) is 9.54. The molecule has 3 atom stereocenters. The summed E-state index contributed by atoms with van der Waals surface area (Å²) in [6.07, 6.45) is 1.80. The summed E-state index contributed by atoms with van der Waals surface area (Å²) in [6.45, 7) is 2.46. The van der Waals surface area contributed by atoms with Gasteiger partial charge in [-0.05, 0) is 42.6 Å². The zero-order valence-corrected chi connectivity index (χ0v) is 18.7. The third-order valence-electron chi connectivity index (χ3n) is 4.74. The first-order valence-corrected chi connectivity index (χ1v) is 12.1. The summed E-state index contributed by atoms with van der Waals surface area (Å²) in [5.41, 5.74) is 2.88. The van der Waals surface area contributed by atoms with E-state index in [0.717, 1.165) is 10.9 Å². The lowest BCUT2D eigenvalue weighted by Crippen LogP contribution is -2.29. The highest BCUT2D eigenvalue weighted by Gasteiger charge is 2.29. The number of fused-ring (bicyclic) bond motifs is 1. The Morgan fingerprint density at radius 2 is 2.10 bits per heavy atom. The molecule has 2 aromatic carbocycles. The molecule has 1 aliphatic rings. The van der Waals surface area contributed by atoms with Crippen molar-refractivity contribution in [3.05, 3.63) is 47.2 Å². The molecule has 3 N–H and O–H groups in total. The molecule has 1 aromatic heterocycles. The number of rotatable bonds is 6. The van der Waals surface area contributed by atoms with Gasteiger partial charge in [-0.15, -0.1) is 0 Å². The SMILES string of the molecule is C=S(C)(=O)Nc1cc(C)c2c(Nc3ccc(Cl)cc3OC3COCC3O)ncnc2c1. The molecule has 0 saturated carbocycles. The molecule has 0 bridgehead atoms. The predicted octanol–water partition coefficient (Wildman–Crippen LogP) is 3.15. The van der Waals surface area contributed by atoms with Crippen LogP contribution in [0.25, 0.3) is 10.9 Å². The lowest BCUT2D eigenvalue weighted by molar-refractivity contribution is 0.0738. The van der Waals surface area contributed by atoms with Crippen LogP contribution in [0.15, 0.2) is 36.7 Å². The van der Waals surface area contributed by atoms with Crippen molar-refractivity contribution in [1.82, 2.24) is 9.97 Å².